The highest BCUT2D eigenvalue weighted by atomic mass is 32.2. The third-order valence-corrected chi connectivity index (χ3v) is 3.49. The third-order valence-electron chi connectivity index (χ3n) is 2.87. The van der Waals surface area contributed by atoms with Gasteiger partial charge in [-0.15, -0.1) is 0 Å². The Labute approximate surface area is 125 Å². The van der Waals surface area contributed by atoms with E-state index in [1.165, 1.54) is 0 Å². The van der Waals surface area contributed by atoms with Gasteiger partial charge in [-0.1, -0.05) is 51.0 Å². The van der Waals surface area contributed by atoms with Crippen molar-refractivity contribution in [3.63, 3.8) is 0 Å². The van der Waals surface area contributed by atoms with E-state index in [-0.39, 0.29) is 6.10 Å². The van der Waals surface area contributed by atoms with Crippen molar-refractivity contribution in [3.05, 3.63) is 24.3 Å². The van der Waals surface area contributed by atoms with Crippen LogP contribution in [0.2, 0.25) is 0 Å². The van der Waals surface area contributed by atoms with Gasteiger partial charge in [0.15, 0.2) is 0 Å². The SMILES string of the molecule is CCCC=CCCC(CCC=CCCC)OS(C)(=O)=O. The van der Waals surface area contributed by atoms with Crippen LogP contribution in [0.3, 0.4) is 0 Å². The summed E-state index contributed by atoms with van der Waals surface area (Å²) in [6.45, 7) is 4.28. The van der Waals surface area contributed by atoms with Crippen LogP contribution in [-0.4, -0.2) is 20.8 Å². The minimum Gasteiger partial charge on any atom is -0.267 e. The predicted molar refractivity (Wildman–Crippen MR) is 86.3 cm³/mol. The van der Waals surface area contributed by atoms with E-state index in [0.29, 0.717) is 0 Å². The Kier molecular flexibility index (Phi) is 11.8. The van der Waals surface area contributed by atoms with Crippen LogP contribution in [0.4, 0.5) is 0 Å². The minimum absolute atomic E-state index is 0.206. The van der Waals surface area contributed by atoms with E-state index >= 15 is 0 Å². The average molecular weight is 302 g/mol. The molecule has 0 saturated heterocycles. The molecule has 3 nitrogen and oxygen atoms in total. The molecule has 0 atom stereocenters. The second kappa shape index (κ2) is 12.2. The summed E-state index contributed by atoms with van der Waals surface area (Å²) in [5, 5.41) is 0. The Morgan fingerprint density at radius 3 is 1.60 bits per heavy atom. The van der Waals surface area contributed by atoms with Crippen molar-refractivity contribution in [3.8, 4) is 0 Å². The van der Waals surface area contributed by atoms with Crippen molar-refractivity contribution < 1.29 is 12.6 Å². The molecule has 0 aromatic carbocycles. The van der Waals surface area contributed by atoms with Gasteiger partial charge in [0.05, 0.1) is 12.4 Å². The first-order chi connectivity index (χ1) is 9.49. The second-order valence-corrected chi connectivity index (χ2v) is 6.70. The molecule has 0 N–H and O–H groups in total. The summed E-state index contributed by atoms with van der Waals surface area (Å²) in [4.78, 5) is 0. The van der Waals surface area contributed by atoms with Crippen LogP contribution >= 0.6 is 0 Å². The molecule has 0 bridgehead atoms. The fourth-order valence-corrected chi connectivity index (χ4v) is 2.54. The minimum atomic E-state index is -3.37. The largest absolute Gasteiger partial charge is 0.267 e. The molecule has 0 saturated carbocycles. The third kappa shape index (κ3) is 13.8. The van der Waals surface area contributed by atoms with Gasteiger partial charge in [0.2, 0.25) is 0 Å². The molecule has 0 rings (SSSR count). The molecule has 0 aliphatic rings. The molecular weight excluding hydrogens is 272 g/mol. The first-order valence-corrected chi connectivity index (χ1v) is 9.49. The standard InChI is InChI=1S/C16H30O3S/c1-4-6-8-10-12-14-16(19-20(3,17)18)15-13-11-9-7-5-2/h8-11,16H,4-7,12-15H2,1-3H3. The molecule has 0 aliphatic carbocycles. The Morgan fingerprint density at radius 1 is 0.850 bits per heavy atom. The van der Waals surface area contributed by atoms with E-state index in [1.54, 1.807) is 0 Å². The van der Waals surface area contributed by atoms with Gasteiger partial charge in [0.1, 0.15) is 0 Å². The molecule has 0 fully saturated rings. The van der Waals surface area contributed by atoms with Crippen molar-refractivity contribution in [2.24, 2.45) is 0 Å². The van der Waals surface area contributed by atoms with Gasteiger partial charge >= 0.3 is 0 Å². The van der Waals surface area contributed by atoms with Gasteiger partial charge in [0.25, 0.3) is 10.1 Å². The summed E-state index contributed by atoms with van der Waals surface area (Å²) in [7, 11) is -3.37. The number of rotatable bonds is 12. The highest BCUT2D eigenvalue weighted by Gasteiger charge is 2.13. The fourth-order valence-electron chi connectivity index (χ4n) is 1.86. The molecule has 0 aromatic heterocycles. The van der Waals surface area contributed by atoms with E-state index in [4.69, 9.17) is 4.18 Å². The Morgan fingerprint density at radius 2 is 1.25 bits per heavy atom. The smallest absolute Gasteiger partial charge is 0.264 e. The first-order valence-electron chi connectivity index (χ1n) is 7.67. The lowest BCUT2D eigenvalue weighted by molar-refractivity contribution is 0.193. The van der Waals surface area contributed by atoms with Crippen LogP contribution in [0.5, 0.6) is 0 Å². The van der Waals surface area contributed by atoms with Crippen molar-refractivity contribution in [1.82, 2.24) is 0 Å². The Balaban J connectivity index is 4.13. The van der Waals surface area contributed by atoms with E-state index < -0.39 is 10.1 Å². The van der Waals surface area contributed by atoms with Crippen molar-refractivity contribution >= 4 is 10.1 Å². The maximum atomic E-state index is 11.3. The summed E-state index contributed by atoms with van der Waals surface area (Å²) in [5.41, 5.74) is 0. The molecule has 20 heavy (non-hydrogen) atoms. The maximum Gasteiger partial charge on any atom is 0.264 e. The second-order valence-electron chi connectivity index (χ2n) is 5.10. The van der Waals surface area contributed by atoms with Gasteiger partial charge in [-0.3, -0.25) is 4.18 Å². The molecule has 0 aromatic rings. The molecule has 0 unspecified atom stereocenters. The number of allylic oxidation sites excluding steroid dienone is 4. The van der Waals surface area contributed by atoms with Crippen LogP contribution in [0.1, 0.15) is 65.2 Å². The highest BCUT2D eigenvalue weighted by molar-refractivity contribution is 7.86. The van der Waals surface area contributed by atoms with Crippen LogP contribution < -0.4 is 0 Å². The summed E-state index contributed by atoms with van der Waals surface area (Å²) in [5.74, 6) is 0. The Hall–Kier alpha value is -0.610. The predicted octanol–water partition coefficient (Wildman–Crippen LogP) is 4.60. The summed E-state index contributed by atoms with van der Waals surface area (Å²) < 4.78 is 27.7. The molecular formula is C16H30O3S. The lowest BCUT2D eigenvalue weighted by Gasteiger charge is -2.14. The van der Waals surface area contributed by atoms with Crippen molar-refractivity contribution in [2.75, 3.05) is 6.26 Å². The van der Waals surface area contributed by atoms with Crippen molar-refractivity contribution in [2.45, 2.75) is 71.3 Å². The Bertz CT molecular complexity index is 349. The van der Waals surface area contributed by atoms with E-state index in [1.807, 2.05) is 0 Å². The molecule has 0 spiro atoms. The summed E-state index contributed by atoms with van der Waals surface area (Å²) >= 11 is 0. The van der Waals surface area contributed by atoms with Crippen LogP contribution in [-0.2, 0) is 14.3 Å². The maximum absolute atomic E-state index is 11.3. The molecule has 0 aliphatic heterocycles. The lowest BCUT2D eigenvalue weighted by atomic mass is 10.1. The highest BCUT2D eigenvalue weighted by Crippen LogP contribution is 2.13. The van der Waals surface area contributed by atoms with Gasteiger partial charge in [-0.2, -0.15) is 8.42 Å². The van der Waals surface area contributed by atoms with Crippen LogP contribution in [0.15, 0.2) is 24.3 Å². The molecule has 0 radical (unpaired) electrons. The summed E-state index contributed by atoms with van der Waals surface area (Å²) in [6, 6.07) is 0. The zero-order valence-electron chi connectivity index (χ0n) is 13.2. The summed E-state index contributed by atoms with van der Waals surface area (Å²) in [6.07, 6.45) is 17.2. The van der Waals surface area contributed by atoms with Gasteiger partial charge in [0, 0.05) is 0 Å². The van der Waals surface area contributed by atoms with E-state index in [2.05, 4.69) is 38.2 Å². The van der Waals surface area contributed by atoms with Gasteiger partial charge in [-0.25, -0.2) is 0 Å². The number of hydrogen-bond donors (Lipinski definition) is 0. The topological polar surface area (TPSA) is 43.4 Å². The quantitative estimate of drug-likeness (QED) is 0.391. The van der Waals surface area contributed by atoms with Gasteiger partial charge in [-0.05, 0) is 38.5 Å². The lowest BCUT2D eigenvalue weighted by Crippen LogP contribution is -2.17. The van der Waals surface area contributed by atoms with E-state index in [0.717, 1.165) is 57.6 Å². The van der Waals surface area contributed by atoms with Crippen LogP contribution in [0, 0.1) is 0 Å². The van der Waals surface area contributed by atoms with Gasteiger partial charge < -0.3 is 0 Å². The molecule has 0 amide bonds. The zero-order chi connectivity index (χ0) is 15.3. The van der Waals surface area contributed by atoms with Crippen LogP contribution in [0.25, 0.3) is 0 Å². The zero-order valence-corrected chi connectivity index (χ0v) is 14.0. The van der Waals surface area contributed by atoms with E-state index in [9.17, 15) is 8.42 Å². The monoisotopic (exact) mass is 302 g/mol. The average Bonchev–Trinajstić information content (AvgIpc) is 2.36. The normalized spacial score (nSPS) is 14.3. The number of hydrogen-bond acceptors (Lipinski definition) is 3. The molecule has 0 heterocycles. The first kappa shape index (κ1) is 19.4. The number of unbranched alkanes of at least 4 members (excludes halogenated alkanes) is 2. The molecule has 4 heteroatoms. The fraction of sp³-hybridized carbons (Fsp3) is 0.750. The van der Waals surface area contributed by atoms with Crippen molar-refractivity contribution in [1.29, 1.82) is 0 Å². The molecule has 118 valence electrons.